The predicted molar refractivity (Wildman–Crippen MR) is 90.5 cm³/mol. The maximum absolute atomic E-state index is 12.2. The van der Waals surface area contributed by atoms with Gasteiger partial charge < -0.3 is 19.4 Å². The fourth-order valence-corrected chi connectivity index (χ4v) is 3.03. The molecule has 1 fully saturated rings. The molecule has 3 rings (SSSR count). The number of hydrogen-bond donors (Lipinski definition) is 1. The molecule has 0 radical (unpaired) electrons. The summed E-state index contributed by atoms with van der Waals surface area (Å²) in [5, 5.41) is 3.69. The second-order valence-electron chi connectivity index (χ2n) is 5.88. The van der Waals surface area contributed by atoms with Crippen LogP contribution in [-0.2, 0) is 16.1 Å². The number of rotatable bonds is 7. The van der Waals surface area contributed by atoms with Crippen LogP contribution in [0.2, 0.25) is 0 Å². The highest BCUT2D eigenvalue weighted by atomic mass is 16.5. The maximum Gasteiger partial charge on any atom is 0.240 e. The van der Waals surface area contributed by atoms with Crippen LogP contribution in [0, 0.1) is 0 Å². The Balaban J connectivity index is 1.73. The highest BCUT2D eigenvalue weighted by Crippen LogP contribution is 2.25. The molecule has 128 valence electrons. The van der Waals surface area contributed by atoms with E-state index in [2.05, 4.69) is 5.32 Å². The zero-order chi connectivity index (χ0) is 16.9. The van der Waals surface area contributed by atoms with Crippen LogP contribution < -0.4 is 10.1 Å². The second-order valence-corrected chi connectivity index (χ2v) is 5.88. The monoisotopic (exact) mass is 330 g/mol. The van der Waals surface area contributed by atoms with Gasteiger partial charge in [0.25, 0.3) is 0 Å². The maximum atomic E-state index is 12.2. The summed E-state index contributed by atoms with van der Waals surface area (Å²) in [6.07, 6.45) is 4.67. The van der Waals surface area contributed by atoms with Crippen molar-refractivity contribution < 1.29 is 19.1 Å². The van der Waals surface area contributed by atoms with Gasteiger partial charge in [-0.1, -0.05) is 0 Å². The third kappa shape index (κ3) is 3.59. The van der Waals surface area contributed by atoms with Gasteiger partial charge in [0.1, 0.15) is 12.3 Å². The van der Waals surface area contributed by atoms with E-state index in [-0.39, 0.29) is 18.6 Å². The van der Waals surface area contributed by atoms with Crippen LogP contribution in [0.5, 0.6) is 5.75 Å². The van der Waals surface area contributed by atoms with Crippen LogP contribution in [-0.4, -0.2) is 42.6 Å². The minimum absolute atomic E-state index is 0.0891. The molecular weight excluding hydrogens is 308 g/mol. The molecule has 0 spiro atoms. The molecule has 0 bridgehead atoms. The van der Waals surface area contributed by atoms with Crippen molar-refractivity contribution in [3.8, 4) is 5.75 Å². The van der Waals surface area contributed by atoms with Crippen molar-refractivity contribution in [2.24, 2.45) is 0 Å². The minimum atomic E-state index is -0.0891. The fraction of sp³-hybridized carbons (Fsp3) is 0.444. The molecule has 1 aromatic carbocycles. The average Bonchev–Trinajstić information content (AvgIpc) is 3.21. The average molecular weight is 330 g/mol. The lowest BCUT2D eigenvalue weighted by Crippen LogP contribution is -2.34. The molecule has 0 saturated carbocycles. The second kappa shape index (κ2) is 7.49. The SMILES string of the molecule is CCOc1ccc2c(c1)c(C=O)cn2CC(=O)NCC1CCCO1. The third-order valence-electron chi connectivity index (χ3n) is 4.19. The van der Waals surface area contributed by atoms with E-state index in [1.54, 1.807) is 10.8 Å². The van der Waals surface area contributed by atoms with Crippen LogP contribution >= 0.6 is 0 Å². The van der Waals surface area contributed by atoms with Crippen molar-refractivity contribution in [2.75, 3.05) is 19.8 Å². The van der Waals surface area contributed by atoms with Gasteiger partial charge in [-0.05, 0) is 38.0 Å². The van der Waals surface area contributed by atoms with Gasteiger partial charge in [0.05, 0.1) is 12.7 Å². The van der Waals surface area contributed by atoms with Crippen LogP contribution in [0.4, 0.5) is 0 Å². The number of aldehydes is 1. The van der Waals surface area contributed by atoms with E-state index < -0.39 is 0 Å². The van der Waals surface area contributed by atoms with E-state index in [0.717, 1.165) is 36.6 Å². The molecule has 1 aromatic heterocycles. The van der Waals surface area contributed by atoms with Crippen LogP contribution in [0.3, 0.4) is 0 Å². The van der Waals surface area contributed by atoms with Crippen molar-refractivity contribution >= 4 is 23.1 Å². The first-order chi connectivity index (χ1) is 11.7. The Morgan fingerprint density at radius 3 is 3.08 bits per heavy atom. The van der Waals surface area contributed by atoms with Gasteiger partial charge in [0, 0.05) is 35.8 Å². The topological polar surface area (TPSA) is 69.6 Å². The number of nitrogens with zero attached hydrogens (tertiary/aromatic N) is 1. The Bertz CT molecular complexity index is 732. The number of benzene rings is 1. The summed E-state index contributed by atoms with van der Waals surface area (Å²) in [4.78, 5) is 23.5. The van der Waals surface area contributed by atoms with Gasteiger partial charge in [0.2, 0.25) is 5.91 Å². The Labute approximate surface area is 140 Å². The van der Waals surface area contributed by atoms with Crippen molar-refractivity contribution in [1.29, 1.82) is 0 Å². The summed E-state index contributed by atoms with van der Waals surface area (Å²) in [5.74, 6) is 0.627. The first kappa shape index (κ1) is 16.5. The van der Waals surface area contributed by atoms with E-state index in [9.17, 15) is 9.59 Å². The molecular formula is C18H22N2O4. The van der Waals surface area contributed by atoms with Gasteiger partial charge in [0.15, 0.2) is 6.29 Å². The highest BCUT2D eigenvalue weighted by molar-refractivity contribution is 5.98. The minimum Gasteiger partial charge on any atom is -0.494 e. The number of nitrogens with one attached hydrogen (secondary N) is 1. The summed E-state index contributed by atoms with van der Waals surface area (Å²) < 4.78 is 12.8. The number of ether oxygens (including phenoxy) is 2. The molecule has 1 unspecified atom stereocenters. The lowest BCUT2D eigenvalue weighted by atomic mass is 10.2. The molecule has 6 heteroatoms. The zero-order valence-corrected chi connectivity index (χ0v) is 13.8. The summed E-state index contributed by atoms with van der Waals surface area (Å²) in [6.45, 7) is 3.95. The fourth-order valence-electron chi connectivity index (χ4n) is 3.03. The zero-order valence-electron chi connectivity index (χ0n) is 13.8. The van der Waals surface area contributed by atoms with E-state index in [1.165, 1.54) is 0 Å². The van der Waals surface area contributed by atoms with Gasteiger partial charge in [-0.15, -0.1) is 0 Å². The first-order valence-electron chi connectivity index (χ1n) is 8.30. The van der Waals surface area contributed by atoms with Crippen molar-refractivity contribution in [2.45, 2.75) is 32.4 Å². The largest absolute Gasteiger partial charge is 0.494 e. The van der Waals surface area contributed by atoms with Gasteiger partial charge in [-0.25, -0.2) is 0 Å². The van der Waals surface area contributed by atoms with E-state index in [1.807, 2.05) is 25.1 Å². The van der Waals surface area contributed by atoms with Crippen molar-refractivity contribution in [3.05, 3.63) is 30.0 Å². The molecule has 1 atom stereocenters. The summed E-state index contributed by atoms with van der Waals surface area (Å²) in [7, 11) is 0. The molecule has 0 aliphatic carbocycles. The van der Waals surface area contributed by atoms with Gasteiger partial charge in [-0.2, -0.15) is 0 Å². The Morgan fingerprint density at radius 1 is 1.50 bits per heavy atom. The molecule has 24 heavy (non-hydrogen) atoms. The highest BCUT2D eigenvalue weighted by Gasteiger charge is 2.17. The van der Waals surface area contributed by atoms with Crippen molar-refractivity contribution in [1.82, 2.24) is 9.88 Å². The number of carbonyl (C=O) groups is 2. The summed E-state index contributed by atoms with van der Waals surface area (Å²) >= 11 is 0. The summed E-state index contributed by atoms with van der Waals surface area (Å²) in [6, 6.07) is 5.56. The lowest BCUT2D eigenvalue weighted by molar-refractivity contribution is -0.122. The normalized spacial score (nSPS) is 17.1. The van der Waals surface area contributed by atoms with Gasteiger partial charge in [-0.3, -0.25) is 9.59 Å². The molecule has 1 aliphatic heterocycles. The Morgan fingerprint density at radius 2 is 2.38 bits per heavy atom. The molecule has 6 nitrogen and oxygen atoms in total. The molecule has 1 aliphatic rings. The van der Waals surface area contributed by atoms with E-state index >= 15 is 0 Å². The number of aromatic nitrogens is 1. The Hall–Kier alpha value is -2.34. The van der Waals surface area contributed by atoms with Crippen molar-refractivity contribution in [3.63, 3.8) is 0 Å². The molecule has 2 heterocycles. The molecule has 1 saturated heterocycles. The third-order valence-corrected chi connectivity index (χ3v) is 4.19. The Kier molecular flexibility index (Phi) is 5.15. The van der Waals surface area contributed by atoms with Gasteiger partial charge >= 0.3 is 0 Å². The smallest absolute Gasteiger partial charge is 0.240 e. The van der Waals surface area contributed by atoms with E-state index in [0.29, 0.717) is 24.5 Å². The van der Waals surface area contributed by atoms with Crippen LogP contribution in [0.25, 0.3) is 10.9 Å². The van der Waals surface area contributed by atoms with E-state index in [4.69, 9.17) is 9.47 Å². The molecule has 1 amide bonds. The lowest BCUT2D eigenvalue weighted by Gasteiger charge is -2.11. The molecule has 1 N–H and O–H groups in total. The first-order valence-corrected chi connectivity index (χ1v) is 8.30. The standard InChI is InChI=1S/C18H22N2O4/c1-2-23-14-5-6-17-16(8-14)13(12-21)10-20(17)11-18(22)19-9-15-4-3-7-24-15/h5-6,8,10,12,15H,2-4,7,9,11H2,1H3,(H,19,22). The molecule has 2 aromatic rings. The number of carbonyl (C=O) groups excluding carboxylic acids is 2. The number of hydrogen-bond acceptors (Lipinski definition) is 4. The number of amides is 1. The number of fused-ring (bicyclic) bond motifs is 1. The summed E-state index contributed by atoms with van der Waals surface area (Å²) in [5.41, 5.74) is 1.39. The predicted octanol–water partition coefficient (Wildman–Crippen LogP) is 2.15. The van der Waals surface area contributed by atoms with Crippen LogP contribution in [0.1, 0.15) is 30.1 Å². The van der Waals surface area contributed by atoms with Crippen LogP contribution in [0.15, 0.2) is 24.4 Å². The quantitative estimate of drug-likeness (QED) is 0.790.